The molecule has 1 rings (SSSR count). The minimum Gasteiger partial charge on any atom is -0.854 e. The van der Waals surface area contributed by atoms with Crippen molar-refractivity contribution in [3.63, 3.8) is 0 Å². The summed E-state index contributed by atoms with van der Waals surface area (Å²) in [4.78, 5) is 0. The van der Waals surface area contributed by atoms with Gasteiger partial charge >= 0.3 is 25.8 Å². The van der Waals surface area contributed by atoms with Crippen molar-refractivity contribution in [2.45, 2.75) is 40.0 Å². The third kappa shape index (κ3) is 56.0. The van der Waals surface area contributed by atoms with Crippen LogP contribution < -0.4 is 15.3 Å². The molecule has 0 spiro atoms. The van der Waals surface area contributed by atoms with E-state index in [1.165, 1.54) is 0 Å². The topological polar surface area (TPSA) is 69.2 Å². The molecule has 0 amide bonds. The summed E-state index contributed by atoms with van der Waals surface area (Å²) in [6, 6.07) is 10.0. The summed E-state index contributed by atoms with van der Waals surface area (Å²) < 4.78 is 0. The van der Waals surface area contributed by atoms with Gasteiger partial charge in [-0.3, -0.25) is 0 Å². The van der Waals surface area contributed by atoms with Crippen LogP contribution >= 0.6 is 0 Å². The zero-order valence-electron chi connectivity index (χ0n) is 11.9. The van der Waals surface area contributed by atoms with Crippen molar-refractivity contribution in [1.29, 1.82) is 0 Å². The molecule has 0 fully saturated rings. The van der Waals surface area contributed by atoms with Gasteiger partial charge in [-0.15, -0.1) is 19.8 Å². The smallest absolute Gasteiger partial charge is 0.854 e. The summed E-state index contributed by atoms with van der Waals surface area (Å²) in [5.41, 5.74) is 0. The summed E-state index contributed by atoms with van der Waals surface area (Å²) in [5, 5.41) is 27.9. The van der Waals surface area contributed by atoms with Crippen LogP contribution in [0.1, 0.15) is 40.0 Å². The number of rotatable bonds is 3. The first kappa shape index (κ1) is 26.6. The minimum atomic E-state index is 0. The quantitative estimate of drug-likeness (QED) is 0.533. The van der Waals surface area contributed by atoms with E-state index in [0.717, 1.165) is 19.3 Å². The molecule has 0 unspecified atom stereocenters. The molecule has 0 atom stereocenters. The van der Waals surface area contributed by atoms with Crippen molar-refractivity contribution >= 4 is 0 Å². The molecule has 0 aliphatic heterocycles. The van der Waals surface area contributed by atoms with Gasteiger partial charge in [0.1, 0.15) is 0 Å². The molecule has 0 saturated heterocycles. The Bertz CT molecular complexity index is 123. The van der Waals surface area contributed by atoms with Crippen molar-refractivity contribution < 1.29 is 41.2 Å². The molecule has 0 bridgehead atoms. The normalized spacial score (nSPS) is 7.22. The van der Waals surface area contributed by atoms with E-state index in [4.69, 9.17) is 0 Å². The van der Waals surface area contributed by atoms with E-state index in [0.29, 0.717) is 0 Å². The van der Waals surface area contributed by atoms with Crippen LogP contribution in [0.5, 0.6) is 0 Å². The third-order valence-electron chi connectivity index (χ3n) is 1.17. The summed E-state index contributed by atoms with van der Waals surface area (Å²) >= 11 is 0. The second-order valence-corrected chi connectivity index (χ2v) is 3.07. The number of hydrogen-bond acceptors (Lipinski definition) is 3. The van der Waals surface area contributed by atoms with Crippen LogP contribution in [0.4, 0.5) is 0 Å². The SMILES string of the molecule is CCC[O-].CCC[O-].CCC[O-].[Hf+4].c1cc[cH-]c1. The van der Waals surface area contributed by atoms with Gasteiger partial charge in [0.25, 0.3) is 0 Å². The summed E-state index contributed by atoms with van der Waals surface area (Å²) in [7, 11) is 0. The predicted molar refractivity (Wildman–Crippen MR) is 67.5 cm³/mol. The predicted octanol–water partition coefficient (Wildman–Crippen LogP) is 0.673. The van der Waals surface area contributed by atoms with Gasteiger partial charge in [0.05, 0.1) is 0 Å². The van der Waals surface area contributed by atoms with E-state index in [-0.39, 0.29) is 45.7 Å². The second kappa shape index (κ2) is 36.0. The van der Waals surface area contributed by atoms with E-state index in [1.807, 2.05) is 51.1 Å². The Balaban J connectivity index is -0.0000000719. The van der Waals surface area contributed by atoms with E-state index < -0.39 is 0 Å². The fourth-order valence-electron chi connectivity index (χ4n) is 0.321. The van der Waals surface area contributed by atoms with Crippen molar-refractivity contribution in [2.24, 2.45) is 0 Å². The molecule has 0 aliphatic rings. The van der Waals surface area contributed by atoms with Gasteiger partial charge in [0.15, 0.2) is 0 Å². The van der Waals surface area contributed by atoms with Crippen molar-refractivity contribution in [1.82, 2.24) is 0 Å². The van der Waals surface area contributed by atoms with Crippen LogP contribution in [0.15, 0.2) is 30.3 Å². The molecule has 104 valence electrons. The Kier molecular flexibility index (Phi) is 53.2. The first-order valence-electron chi connectivity index (χ1n) is 6.15. The Morgan fingerprint density at radius 1 is 0.722 bits per heavy atom. The van der Waals surface area contributed by atoms with E-state index >= 15 is 0 Å². The van der Waals surface area contributed by atoms with Crippen LogP contribution in [0.3, 0.4) is 0 Å². The fraction of sp³-hybridized carbons (Fsp3) is 0.643. The van der Waals surface area contributed by atoms with E-state index in [2.05, 4.69) is 0 Å². The fourth-order valence-corrected chi connectivity index (χ4v) is 0.321. The van der Waals surface area contributed by atoms with Gasteiger partial charge in [0, 0.05) is 0 Å². The average molecular weight is 421 g/mol. The molecule has 0 aromatic heterocycles. The monoisotopic (exact) mass is 422 g/mol. The average Bonchev–Trinajstić information content (AvgIpc) is 2.98. The molecule has 0 N–H and O–H groups in total. The van der Waals surface area contributed by atoms with Crippen molar-refractivity contribution in [3.8, 4) is 0 Å². The third-order valence-corrected chi connectivity index (χ3v) is 1.17. The second-order valence-electron chi connectivity index (χ2n) is 3.07. The largest absolute Gasteiger partial charge is 4.00 e. The number of hydrogen-bond donors (Lipinski definition) is 0. The first-order chi connectivity index (χ1) is 8.24. The Labute approximate surface area is 131 Å². The van der Waals surface area contributed by atoms with Gasteiger partial charge in [-0.25, -0.2) is 12.1 Å². The molecule has 0 radical (unpaired) electrons. The zero-order valence-corrected chi connectivity index (χ0v) is 15.4. The van der Waals surface area contributed by atoms with Crippen LogP contribution in [0, 0.1) is 0 Å². The summed E-state index contributed by atoms with van der Waals surface area (Å²) in [6.45, 7) is 5.81. The molecule has 0 heterocycles. The molecule has 18 heavy (non-hydrogen) atoms. The van der Waals surface area contributed by atoms with Crippen LogP contribution in [-0.4, -0.2) is 19.8 Å². The van der Waals surface area contributed by atoms with Gasteiger partial charge in [-0.05, 0) is 0 Å². The maximum absolute atomic E-state index is 9.30. The minimum absolute atomic E-state index is 0. The first-order valence-corrected chi connectivity index (χ1v) is 6.15. The van der Waals surface area contributed by atoms with Gasteiger partial charge in [-0.1, -0.05) is 40.0 Å². The van der Waals surface area contributed by atoms with Crippen molar-refractivity contribution in [2.75, 3.05) is 19.8 Å². The molecular formula is C14H26HfO3. The Morgan fingerprint density at radius 2 is 0.944 bits per heavy atom. The van der Waals surface area contributed by atoms with Crippen molar-refractivity contribution in [3.05, 3.63) is 30.3 Å². The molecule has 1 aromatic rings. The van der Waals surface area contributed by atoms with Crippen LogP contribution in [-0.2, 0) is 25.8 Å². The molecule has 1 aromatic carbocycles. The molecular weight excluding hydrogens is 395 g/mol. The molecule has 3 nitrogen and oxygen atoms in total. The molecule has 0 aliphatic carbocycles. The zero-order chi connectivity index (χ0) is 13.8. The van der Waals surface area contributed by atoms with Gasteiger partial charge < -0.3 is 15.3 Å². The maximum Gasteiger partial charge on any atom is 4.00 e. The molecule has 4 heteroatoms. The molecule has 0 saturated carbocycles. The van der Waals surface area contributed by atoms with E-state index in [9.17, 15) is 15.3 Å². The standard InChI is InChI=1S/C5H5.3C3H7O.Hf/c1-2-4-5-3-1;3*1-2-3-4;/h1-5H;3*2-3H2,1H3;/q4*-1;+4. The van der Waals surface area contributed by atoms with Gasteiger partial charge in [-0.2, -0.15) is 18.2 Å². The van der Waals surface area contributed by atoms with Crippen LogP contribution in [0.2, 0.25) is 0 Å². The van der Waals surface area contributed by atoms with E-state index in [1.54, 1.807) is 0 Å². The van der Waals surface area contributed by atoms with Crippen LogP contribution in [0.25, 0.3) is 0 Å². The summed E-state index contributed by atoms with van der Waals surface area (Å²) in [6.07, 6.45) is 2.29. The van der Waals surface area contributed by atoms with Gasteiger partial charge in [0.2, 0.25) is 0 Å². The summed E-state index contributed by atoms with van der Waals surface area (Å²) in [5.74, 6) is 0. The maximum atomic E-state index is 9.30. The Morgan fingerprint density at radius 3 is 1.00 bits per heavy atom. The Hall–Kier alpha value is 0.100.